The molecule has 3 nitrogen and oxygen atoms in total. The molecule has 0 atom stereocenters. The van der Waals surface area contributed by atoms with Crippen molar-refractivity contribution >= 4 is 23.7 Å². The fourth-order valence-electron chi connectivity index (χ4n) is 1.57. The van der Waals surface area contributed by atoms with Gasteiger partial charge in [0.2, 0.25) is 0 Å². The van der Waals surface area contributed by atoms with Crippen molar-refractivity contribution < 1.29 is 14.3 Å². The first-order valence-corrected chi connectivity index (χ1v) is 6.03. The van der Waals surface area contributed by atoms with E-state index in [0.29, 0.717) is 21.9 Å². The van der Waals surface area contributed by atoms with Crippen LogP contribution in [0.5, 0.6) is 5.75 Å². The molecule has 4 heteroatoms. The second kappa shape index (κ2) is 6.16. The monoisotopic (exact) mass is 274 g/mol. The van der Waals surface area contributed by atoms with E-state index in [1.165, 1.54) is 0 Å². The summed E-state index contributed by atoms with van der Waals surface area (Å²) in [6.45, 7) is -0.0946. The Morgan fingerprint density at radius 1 is 1.16 bits per heavy atom. The van der Waals surface area contributed by atoms with E-state index in [9.17, 15) is 9.59 Å². The number of rotatable bonds is 5. The number of halogens is 1. The Morgan fingerprint density at radius 3 is 2.68 bits per heavy atom. The Bertz CT molecular complexity index is 608. The van der Waals surface area contributed by atoms with Gasteiger partial charge in [0, 0.05) is 16.1 Å². The molecule has 0 spiro atoms. The lowest BCUT2D eigenvalue weighted by Gasteiger charge is -2.06. The standard InChI is InChI=1S/C15H11ClO3/c16-13-5-2-4-12(8-13)15(18)10-19-14-6-1-3-11(7-14)9-17/h1-9H,10H2. The normalized spacial score (nSPS) is 9.95. The molecule has 19 heavy (non-hydrogen) atoms. The summed E-state index contributed by atoms with van der Waals surface area (Å²) >= 11 is 5.81. The summed E-state index contributed by atoms with van der Waals surface area (Å²) in [6.07, 6.45) is 0.728. The zero-order chi connectivity index (χ0) is 13.7. The first kappa shape index (κ1) is 13.3. The van der Waals surface area contributed by atoms with Gasteiger partial charge in [-0.15, -0.1) is 0 Å². The fourth-order valence-corrected chi connectivity index (χ4v) is 1.76. The molecule has 0 fully saturated rings. The second-order valence-electron chi connectivity index (χ2n) is 3.91. The maximum Gasteiger partial charge on any atom is 0.200 e. The van der Waals surface area contributed by atoms with Gasteiger partial charge in [-0.1, -0.05) is 35.9 Å². The van der Waals surface area contributed by atoms with Crippen molar-refractivity contribution in [2.75, 3.05) is 6.61 Å². The van der Waals surface area contributed by atoms with Crippen LogP contribution in [0, 0.1) is 0 Å². The van der Waals surface area contributed by atoms with Crippen LogP contribution in [0.15, 0.2) is 48.5 Å². The van der Waals surface area contributed by atoms with Crippen LogP contribution < -0.4 is 4.74 Å². The van der Waals surface area contributed by atoms with E-state index < -0.39 is 0 Å². The maximum absolute atomic E-state index is 11.9. The average Bonchev–Trinajstić information content (AvgIpc) is 2.45. The summed E-state index contributed by atoms with van der Waals surface area (Å²) in [5, 5.41) is 0.508. The molecule has 0 unspecified atom stereocenters. The molecular weight excluding hydrogens is 264 g/mol. The Labute approximate surface area is 115 Å². The predicted molar refractivity (Wildman–Crippen MR) is 73.1 cm³/mol. The van der Waals surface area contributed by atoms with Crippen LogP contribution >= 0.6 is 11.6 Å². The lowest BCUT2D eigenvalue weighted by molar-refractivity contribution is 0.0921. The number of hydrogen-bond donors (Lipinski definition) is 0. The molecule has 0 amide bonds. The number of hydrogen-bond acceptors (Lipinski definition) is 3. The molecule has 2 aromatic rings. The van der Waals surface area contributed by atoms with Gasteiger partial charge in [0.15, 0.2) is 12.4 Å². The first-order chi connectivity index (χ1) is 9.19. The smallest absolute Gasteiger partial charge is 0.200 e. The lowest BCUT2D eigenvalue weighted by atomic mass is 10.1. The van der Waals surface area contributed by atoms with Crippen molar-refractivity contribution in [3.05, 3.63) is 64.7 Å². The van der Waals surface area contributed by atoms with Gasteiger partial charge < -0.3 is 4.74 Å². The lowest BCUT2D eigenvalue weighted by Crippen LogP contribution is -2.11. The highest BCUT2D eigenvalue weighted by Gasteiger charge is 2.07. The Kier molecular flexibility index (Phi) is 4.31. The summed E-state index contributed by atoms with van der Waals surface area (Å²) in [7, 11) is 0. The number of benzene rings is 2. The van der Waals surface area contributed by atoms with E-state index in [-0.39, 0.29) is 12.4 Å². The number of aldehydes is 1. The average molecular weight is 275 g/mol. The summed E-state index contributed by atoms with van der Waals surface area (Å²) < 4.78 is 5.35. The molecule has 2 aromatic carbocycles. The van der Waals surface area contributed by atoms with Gasteiger partial charge in [-0.3, -0.25) is 9.59 Å². The zero-order valence-corrected chi connectivity index (χ0v) is 10.8. The Morgan fingerprint density at radius 2 is 1.95 bits per heavy atom. The van der Waals surface area contributed by atoms with E-state index in [1.807, 2.05) is 0 Å². The van der Waals surface area contributed by atoms with Crippen LogP contribution in [0.3, 0.4) is 0 Å². The van der Waals surface area contributed by atoms with Gasteiger partial charge in [-0.25, -0.2) is 0 Å². The van der Waals surface area contributed by atoms with Crippen molar-refractivity contribution in [2.24, 2.45) is 0 Å². The predicted octanol–water partition coefficient (Wildman–Crippen LogP) is 3.41. The van der Waals surface area contributed by atoms with Crippen molar-refractivity contribution in [1.82, 2.24) is 0 Å². The van der Waals surface area contributed by atoms with Gasteiger partial charge in [0.1, 0.15) is 12.0 Å². The quantitative estimate of drug-likeness (QED) is 0.620. The molecule has 2 rings (SSSR count). The molecule has 0 radical (unpaired) electrons. The van der Waals surface area contributed by atoms with Gasteiger partial charge in [-0.2, -0.15) is 0 Å². The zero-order valence-electron chi connectivity index (χ0n) is 10.0. The summed E-state index contributed by atoms with van der Waals surface area (Å²) in [5.41, 5.74) is 1.01. The van der Waals surface area contributed by atoms with Crippen molar-refractivity contribution in [3.63, 3.8) is 0 Å². The van der Waals surface area contributed by atoms with Crippen LogP contribution in [-0.2, 0) is 0 Å². The van der Waals surface area contributed by atoms with Crippen molar-refractivity contribution in [1.29, 1.82) is 0 Å². The Hall–Kier alpha value is -2.13. The molecule has 0 bridgehead atoms. The highest BCUT2D eigenvalue weighted by Crippen LogP contribution is 2.14. The van der Waals surface area contributed by atoms with Gasteiger partial charge in [0.25, 0.3) is 0 Å². The molecule has 0 aliphatic rings. The summed E-state index contributed by atoms with van der Waals surface area (Å²) in [4.78, 5) is 22.5. The molecule has 0 heterocycles. The second-order valence-corrected chi connectivity index (χ2v) is 4.35. The Balaban J connectivity index is 2.02. The van der Waals surface area contributed by atoms with Gasteiger partial charge >= 0.3 is 0 Å². The highest BCUT2D eigenvalue weighted by molar-refractivity contribution is 6.31. The third-order valence-electron chi connectivity index (χ3n) is 2.51. The maximum atomic E-state index is 11.9. The number of carbonyl (C=O) groups is 2. The summed E-state index contributed by atoms with van der Waals surface area (Å²) in [5.74, 6) is 0.319. The summed E-state index contributed by atoms with van der Waals surface area (Å²) in [6, 6.07) is 13.3. The van der Waals surface area contributed by atoms with Crippen LogP contribution in [-0.4, -0.2) is 18.7 Å². The molecule has 0 saturated heterocycles. The van der Waals surface area contributed by atoms with E-state index in [4.69, 9.17) is 16.3 Å². The first-order valence-electron chi connectivity index (χ1n) is 5.66. The van der Waals surface area contributed by atoms with Crippen LogP contribution in [0.1, 0.15) is 20.7 Å². The van der Waals surface area contributed by atoms with Crippen LogP contribution in [0.2, 0.25) is 5.02 Å². The SMILES string of the molecule is O=Cc1cccc(OCC(=O)c2cccc(Cl)c2)c1. The fraction of sp³-hybridized carbons (Fsp3) is 0.0667. The third kappa shape index (κ3) is 3.66. The molecule has 0 saturated carbocycles. The number of Topliss-reactive ketones (excluding diaryl/α,β-unsaturated/α-hetero) is 1. The molecule has 0 aliphatic heterocycles. The largest absolute Gasteiger partial charge is 0.485 e. The van der Waals surface area contributed by atoms with Crippen molar-refractivity contribution in [3.8, 4) is 5.75 Å². The van der Waals surface area contributed by atoms with E-state index in [0.717, 1.165) is 6.29 Å². The van der Waals surface area contributed by atoms with Gasteiger partial charge in [-0.05, 0) is 24.3 Å². The molecule has 0 N–H and O–H groups in total. The van der Waals surface area contributed by atoms with E-state index in [2.05, 4.69) is 0 Å². The van der Waals surface area contributed by atoms with Crippen molar-refractivity contribution in [2.45, 2.75) is 0 Å². The third-order valence-corrected chi connectivity index (χ3v) is 2.75. The molecular formula is C15H11ClO3. The minimum absolute atomic E-state index is 0.0946. The van der Waals surface area contributed by atoms with Gasteiger partial charge in [0.05, 0.1) is 0 Å². The molecule has 0 aliphatic carbocycles. The van der Waals surface area contributed by atoms with E-state index >= 15 is 0 Å². The minimum atomic E-state index is -0.168. The number of ether oxygens (including phenoxy) is 1. The molecule has 96 valence electrons. The molecule has 0 aromatic heterocycles. The number of ketones is 1. The van der Waals surface area contributed by atoms with E-state index in [1.54, 1.807) is 48.5 Å². The van der Waals surface area contributed by atoms with Crippen LogP contribution in [0.25, 0.3) is 0 Å². The minimum Gasteiger partial charge on any atom is -0.485 e. The van der Waals surface area contributed by atoms with Crippen LogP contribution in [0.4, 0.5) is 0 Å². The highest BCUT2D eigenvalue weighted by atomic mass is 35.5. The topological polar surface area (TPSA) is 43.4 Å². The number of carbonyl (C=O) groups excluding carboxylic acids is 2.